The Morgan fingerprint density at radius 1 is 0.394 bits per heavy atom. The normalized spacial score (nSPS) is 22.4. The number of cyclic esters (lactones) is 4. The molecule has 3 fully saturated rings. The minimum atomic E-state index is -1.48. The van der Waals surface area contributed by atoms with Gasteiger partial charge in [0.1, 0.15) is 23.0 Å². The topological polar surface area (TPSA) is 278 Å². The summed E-state index contributed by atoms with van der Waals surface area (Å²) in [5.74, 6) is -9.17. The molecule has 12 rings (SSSR count). The van der Waals surface area contributed by atoms with Crippen LogP contribution in [0, 0.1) is 0 Å². The lowest BCUT2D eigenvalue weighted by Crippen LogP contribution is -2.48. The van der Waals surface area contributed by atoms with Gasteiger partial charge in [0.2, 0.25) is 5.79 Å². The summed E-state index contributed by atoms with van der Waals surface area (Å²) in [7, 11) is 1.38. The van der Waals surface area contributed by atoms with Crippen LogP contribution in [-0.2, 0) is 122 Å². The second kappa shape index (κ2) is 32.8. The van der Waals surface area contributed by atoms with Gasteiger partial charge in [0.25, 0.3) is 17.4 Å². The Bertz CT molecular complexity index is 3200. The molecule has 3 saturated heterocycles. The first kappa shape index (κ1) is 71.1. The van der Waals surface area contributed by atoms with E-state index in [1.807, 2.05) is 78.9 Å². The molecule has 94 heavy (non-hydrogen) atoms. The zero-order chi connectivity index (χ0) is 67.8. The fraction of sp³-hybridized carbons (Fsp3) is 0.343. The number of nitrogens with zero attached hydrogens (tertiary/aromatic N) is 1. The van der Waals surface area contributed by atoms with Crippen molar-refractivity contribution < 1.29 is 109 Å². The van der Waals surface area contributed by atoms with E-state index in [-0.39, 0.29) is 11.9 Å². The van der Waals surface area contributed by atoms with E-state index in [1.165, 1.54) is 62.3 Å². The van der Waals surface area contributed by atoms with Crippen LogP contribution in [0.2, 0.25) is 0 Å². The molecule has 0 aliphatic carbocycles. The van der Waals surface area contributed by atoms with Crippen LogP contribution in [0.4, 0.5) is 5.69 Å². The molecule has 498 valence electrons. The van der Waals surface area contributed by atoms with Gasteiger partial charge in [-0.3, -0.25) is 0 Å². The summed E-state index contributed by atoms with van der Waals surface area (Å²) in [5, 5.41) is 0. The van der Waals surface area contributed by atoms with Gasteiger partial charge >= 0.3 is 59.7 Å². The van der Waals surface area contributed by atoms with Gasteiger partial charge in [-0.25, -0.2) is 38.4 Å². The van der Waals surface area contributed by atoms with Gasteiger partial charge in [0.05, 0.1) is 39.1 Å². The predicted molar refractivity (Wildman–Crippen MR) is 333 cm³/mol. The van der Waals surface area contributed by atoms with Crippen LogP contribution in [0.15, 0.2) is 213 Å². The molecule has 0 N–H and O–H groups in total. The molecule has 3 spiro atoms. The standard InChI is InChI=1S/C19H16O4.C16H17NO3.C10H12O4.C9H10O5.C8H10O4.C8H10O3/c20-17-11-12-18(21)23-19(22-17,13-15-7-3-1-4-8-15)14-16-9-5-2-6-10-16;1-13-7-8-15(18)20-16(19-13)9-11-17(12-10-16)14-5-3-2-4-6-14;1-8-2-3-9(11)14-10(13-8)4-6-12-7-5-10;10-7-3-4-8(11)14-9(13-7)5-1-2-6-12-9;1-6-4-5-7(9)12-8(2,10-3)11-6;1-6-4-5-7(9)11-8(2,3)10-6/h1-12H,13-14H2;2-8H,1,9-12H2;2-3H,1,4-7H2;3-4H,1-2,5-6H2;4-5H,1H2,2-3H3;4-5H,1H2,2-3H3. The van der Waals surface area contributed by atoms with Crippen molar-refractivity contribution in [1.82, 2.24) is 0 Å². The molecule has 1 atom stereocenters. The predicted octanol–water partition coefficient (Wildman–Crippen LogP) is 9.40. The van der Waals surface area contributed by atoms with E-state index >= 15 is 0 Å². The van der Waals surface area contributed by atoms with Crippen LogP contribution >= 0.6 is 0 Å². The van der Waals surface area contributed by atoms with E-state index in [4.69, 9.17) is 71.1 Å². The molecule has 24 heteroatoms. The summed E-state index contributed by atoms with van der Waals surface area (Å²) in [6.45, 7) is 22.4. The smallest absolute Gasteiger partial charge is 0.376 e. The van der Waals surface area contributed by atoms with Crippen LogP contribution in [0.5, 0.6) is 0 Å². The molecule has 0 amide bonds. The minimum Gasteiger partial charge on any atom is -0.453 e. The van der Waals surface area contributed by atoms with E-state index in [0.717, 1.165) is 61.4 Å². The Hall–Kier alpha value is -10.3. The van der Waals surface area contributed by atoms with E-state index in [9.17, 15) is 38.4 Å². The number of anilines is 1. The zero-order valence-electron chi connectivity index (χ0n) is 52.7. The van der Waals surface area contributed by atoms with Crippen LogP contribution in [0.1, 0.15) is 76.8 Å². The Morgan fingerprint density at radius 2 is 0.777 bits per heavy atom. The fourth-order valence-electron chi connectivity index (χ4n) is 9.79. The van der Waals surface area contributed by atoms with Crippen molar-refractivity contribution in [2.24, 2.45) is 0 Å². The summed E-state index contributed by atoms with van der Waals surface area (Å²) < 4.78 is 77.9. The Labute approximate surface area is 543 Å². The molecule has 3 aromatic carbocycles. The Balaban J connectivity index is 0.000000163. The van der Waals surface area contributed by atoms with E-state index in [0.29, 0.717) is 87.8 Å². The van der Waals surface area contributed by atoms with E-state index < -0.39 is 70.9 Å². The average Bonchev–Trinajstić information content (AvgIpc) is 1.44. The van der Waals surface area contributed by atoms with Gasteiger partial charge in [-0.2, -0.15) is 0 Å². The van der Waals surface area contributed by atoms with Gasteiger partial charge in [0.15, 0.2) is 0 Å². The lowest BCUT2D eigenvalue weighted by Gasteiger charge is -2.40. The molecule has 0 radical (unpaired) electrons. The molecular formula is C70H75NO23. The fourth-order valence-corrected chi connectivity index (χ4v) is 9.79. The van der Waals surface area contributed by atoms with Gasteiger partial charge in [-0.15, -0.1) is 0 Å². The summed E-state index contributed by atoms with van der Waals surface area (Å²) in [5.41, 5.74) is 3.02. The van der Waals surface area contributed by atoms with Gasteiger partial charge < -0.3 is 76.0 Å². The quantitative estimate of drug-likeness (QED) is 0.164. The number of carbonyl (C=O) groups is 8. The number of ether oxygens (including phenoxy) is 15. The van der Waals surface area contributed by atoms with Crippen molar-refractivity contribution in [2.75, 3.05) is 44.9 Å². The summed E-state index contributed by atoms with van der Waals surface area (Å²) >= 11 is 0. The zero-order valence-corrected chi connectivity index (χ0v) is 52.7. The van der Waals surface area contributed by atoms with Gasteiger partial charge in [-0.1, -0.05) is 105 Å². The molecule has 24 nitrogen and oxygen atoms in total. The van der Waals surface area contributed by atoms with Crippen molar-refractivity contribution >= 4 is 53.4 Å². The summed E-state index contributed by atoms with van der Waals surface area (Å²) in [6, 6.07) is 29.2. The first-order valence-corrected chi connectivity index (χ1v) is 29.9. The van der Waals surface area contributed by atoms with Crippen molar-refractivity contribution in [3.05, 3.63) is 224 Å². The number of esters is 8. The molecule has 0 aromatic heterocycles. The third kappa shape index (κ3) is 22.8. The number of hydrogen-bond donors (Lipinski definition) is 0. The third-order valence-corrected chi connectivity index (χ3v) is 14.1. The van der Waals surface area contributed by atoms with Crippen molar-refractivity contribution in [2.45, 2.75) is 114 Å². The van der Waals surface area contributed by atoms with Crippen molar-refractivity contribution in [1.29, 1.82) is 0 Å². The molecule has 9 aliphatic heterocycles. The van der Waals surface area contributed by atoms with Gasteiger partial charge in [0, 0.05) is 121 Å². The molecule has 9 heterocycles. The maximum atomic E-state index is 11.9. The number of rotatable bonds is 6. The molecular weight excluding hydrogens is 1220 g/mol. The lowest BCUT2D eigenvalue weighted by molar-refractivity contribution is -0.353. The molecule has 3 aromatic rings. The number of methoxy groups -OCH3 is 1. The van der Waals surface area contributed by atoms with Gasteiger partial charge in [-0.05, 0) is 60.4 Å². The monoisotopic (exact) mass is 1300 g/mol. The van der Waals surface area contributed by atoms with Crippen molar-refractivity contribution in [3.63, 3.8) is 0 Å². The number of piperidine rings is 1. The van der Waals surface area contributed by atoms with E-state index in [2.05, 4.69) is 43.3 Å². The molecule has 0 bridgehead atoms. The van der Waals surface area contributed by atoms with Crippen molar-refractivity contribution in [3.8, 4) is 0 Å². The van der Waals surface area contributed by atoms with Crippen LogP contribution < -0.4 is 4.90 Å². The summed E-state index contributed by atoms with van der Waals surface area (Å²) in [4.78, 5) is 92.7. The number of benzene rings is 3. The average molecular weight is 1300 g/mol. The third-order valence-electron chi connectivity index (χ3n) is 14.1. The second-order valence-electron chi connectivity index (χ2n) is 22.1. The molecule has 1 unspecified atom stereocenters. The first-order valence-electron chi connectivity index (χ1n) is 29.9. The Kier molecular flexibility index (Phi) is 24.8. The van der Waals surface area contributed by atoms with E-state index in [1.54, 1.807) is 19.9 Å². The maximum absolute atomic E-state index is 11.9. The van der Waals surface area contributed by atoms with Crippen LogP contribution in [0.3, 0.4) is 0 Å². The lowest BCUT2D eigenvalue weighted by atomic mass is 9.97. The number of hydrogen-bond acceptors (Lipinski definition) is 24. The maximum Gasteiger partial charge on any atom is 0.376 e. The Morgan fingerprint density at radius 3 is 1.22 bits per heavy atom. The number of allylic oxidation sites excluding steroid dienone is 4. The SMILES string of the molecule is C=C1C=CC(=O)OC(C)(C)O1.C=C1C=CC(=O)OC(C)(OC)O1.C=C1C=CC(=O)OC2(CCN(c3ccccc3)CC2)O1.C=C1C=CC(=O)OC2(CCOCC2)O1.O=C1C=CC(=O)OC(Cc2ccccc2)(Cc2ccccc2)O1.O=C1C=CC(=O)OC2(CCCCO2)O1. The summed E-state index contributed by atoms with van der Waals surface area (Å²) in [6.07, 6.45) is 20.5. The second-order valence-corrected chi connectivity index (χ2v) is 22.1. The highest BCUT2D eigenvalue weighted by Gasteiger charge is 2.45. The highest BCUT2D eigenvalue weighted by molar-refractivity contribution is 5.94. The molecule has 9 aliphatic rings. The molecule has 0 saturated carbocycles. The highest BCUT2D eigenvalue weighted by atomic mass is 16.9. The number of carbonyl (C=O) groups excluding carboxylic acids is 8. The number of para-hydroxylation sites is 1. The highest BCUT2D eigenvalue weighted by Crippen LogP contribution is 2.36. The largest absolute Gasteiger partial charge is 0.453 e. The van der Waals surface area contributed by atoms with Crippen LogP contribution in [-0.4, -0.2) is 123 Å². The minimum absolute atomic E-state index is 0.294. The first-order chi connectivity index (χ1) is 44.8. The van der Waals surface area contributed by atoms with Crippen LogP contribution in [0.25, 0.3) is 0 Å².